The molecule has 1 saturated carbocycles. The summed E-state index contributed by atoms with van der Waals surface area (Å²) in [7, 11) is 0. The van der Waals surface area contributed by atoms with E-state index in [1.54, 1.807) is 4.90 Å². The molecule has 1 heterocycles. The topological polar surface area (TPSA) is 40.5 Å². The highest BCUT2D eigenvalue weighted by atomic mass is 16.3. The number of nitrogens with zero attached hydrogens (tertiary/aromatic N) is 1. The van der Waals surface area contributed by atoms with Crippen LogP contribution in [0.4, 0.5) is 0 Å². The summed E-state index contributed by atoms with van der Waals surface area (Å²) in [5.41, 5.74) is 0. The Morgan fingerprint density at radius 1 is 1.20 bits per heavy atom. The van der Waals surface area contributed by atoms with Gasteiger partial charge in [-0.15, -0.1) is 0 Å². The highest BCUT2D eigenvalue weighted by molar-refractivity contribution is 5.81. The van der Waals surface area contributed by atoms with E-state index in [1.165, 1.54) is 32.1 Å². The zero-order chi connectivity index (χ0) is 10.7. The van der Waals surface area contributed by atoms with Crippen LogP contribution in [0, 0.1) is 5.92 Å². The van der Waals surface area contributed by atoms with Crippen molar-refractivity contribution in [3.8, 4) is 0 Å². The van der Waals surface area contributed by atoms with Crippen molar-refractivity contribution in [2.75, 3.05) is 13.1 Å². The minimum Gasteiger partial charge on any atom is -0.383 e. The molecular weight excluding hydrogens is 190 g/mol. The van der Waals surface area contributed by atoms with Crippen molar-refractivity contribution in [1.29, 1.82) is 0 Å². The first-order valence-corrected chi connectivity index (χ1v) is 6.24. The summed E-state index contributed by atoms with van der Waals surface area (Å²) in [5, 5.41) is 9.81. The fraction of sp³-hybridized carbons (Fsp3) is 0.917. The van der Waals surface area contributed by atoms with Crippen molar-refractivity contribution in [3.63, 3.8) is 0 Å². The van der Waals surface area contributed by atoms with Crippen LogP contribution < -0.4 is 0 Å². The minimum atomic E-state index is -0.728. The lowest BCUT2D eigenvalue weighted by atomic mass is 9.85. The number of carbonyl (C=O) groups is 1. The molecule has 1 saturated heterocycles. The quantitative estimate of drug-likeness (QED) is 0.769. The molecule has 1 amide bonds. The number of amides is 1. The van der Waals surface area contributed by atoms with E-state index in [4.69, 9.17) is 0 Å². The number of likely N-dealkylation sites (tertiary alicyclic amines) is 1. The Hall–Kier alpha value is -0.570. The number of carbonyl (C=O) groups excluding carboxylic acids is 1. The number of aliphatic hydroxyl groups excluding tert-OH is 1. The van der Waals surface area contributed by atoms with Crippen LogP contribution in [0.2, 0.25) is 0 Å². The zero-order valence-electron chi connectivity index (χ0n) is 9.32. The van der Waals surface area contributed by atoms with E-state index in [2.05, 4.69) is 0 Å². The van der Waals surface area contributed by atoms with E-state index in [0.717, 1.165) is 19.5 Å². The minimum absolute atomic E-state index is 0.0353. The van der Waals surface area contributed by atoms with Gasteiger partial charge in [-0.2, -0.15) is 0 Å². The average Bonchev–Trinajstić information content (AvgIpc) is 2.16. The van der Waals surface area contributed by atoms with E-state index in [-0.39, 0.29) is 5.91 Å². The van der Waals surface area contributed by atoms with Crippen LogP contribution in [0.3, 0.4) is 0 Å². The monoisotopic (exact) mass is 211 g/mol. The third-order valence-corrected chi connectivity index (χ3v) is 3.73. The smallest absolute Gasteiger partial charge is 0.251 e. The van der Waals surface area contributed by atoms with Gasteiger partial charge in [0.15, 0.2) is 0 Å². The molecule has 0 bridgehead atoms. The third-order valence-electron chi connectivity index (χ3n) is 3.73. The maximum absolute atomic E-state index is 11.7. The maximum atomic E-state index is 11.7. The van der Waals surface area contributed by atoms with Crippen LogP contribution in [-0.2, 0) is 4.79 Å². The summed E-state index contributed by atoms with van der Waals surface area (Å²) in [6.45, 7) is 1.70. The molecule has 0 spiro atoms. The molecule has 1 aliphatic heterocycles. The molecule has 2 fully saturated rings. The Kier molecular flexibility index (Phi) is 3.62. The van der Waals surface area contributed by atoms with Crippen molar-refractivity contribution >= 4 is 5.91 Å². The molecule has 86 valence electrons. The lowest BCUT2D eigenvalue weighted by molar-refractivity contribution is -0.144. The van der Waals surface area contributed by atoms with Crippen molar-refractivity contribution in [2.24, 2.45) is 5.92 Å². The summed E-state index contributed by atoms with van der Waals surface area (Å²) in [4.78, 5) is 13.4. The summed E-state index contributed by atoms with van der Waals surface area (Å²) in [6.07, 6.45) is 7.33. The maximum Gasteiger partial charge on any atom is 0.251 e. The zero-order valence-corrected chi connectivity index (χ0v) is 9.32. The molecule has 2 rings (SSSR count). The van der Waals surface area contributed by atoms with Crippen LogP contribution >= 0.6 is 0 Å². The van der Waals surface area contributed by atoms with Gasteiger partial charge in [-0.3, -0.25) is 4.79 Å². The molecule has 1 aliphatic carbocycles. The van der Waals surface area contributed by atoms with E-state index >= 15 is 0 Å². The van der Waals surface area contributed by atoms with E-state index in [1.807, 2.05) is 0 Å². The van der Waals surface area contributed by atoms with Crippen LogP contribution in [0.1, 0.15) is 44.9 Å². The van der Waals surface area contributed by atoms with Gasteiger partial charge in [-0.05, 0) is 18.8 Å². The molecule has 0 aromatic carbocycles. The second kappa shape index (κ2) is 4.97. The van der Waals surface area contributed by atoms with Gasteiger partial charge in [-0.25, -0.2) is 0 Å². The molecule has 1 atom stereocenters. The number of aliphatic hydroxyl groups is 1. The van der Waals surface area contributed by atoms with E-state index in [0.29, 0.717) is 12.3 Å². The Labute approximate surface area is 91.5 Å². The van der Waals surface area contributed by atoms with E-state index < -0.39 is 6.10 Å². The SMILES string of the molecule is O=C([C@@H](O)CC1CCCCC1)N1CCC1. The second-order valence-electron chi connectivity index (χ2n) is 4.93. The predicted molar refractivity (Wildman–Crippen MR) is 58.4 cm³/mol. The van der Waals surface area contributed by atoms with Gasteiger partial charge in [0, 0.05) is 13.1 Å². The van der Waals surface area contributed by atoms with Crippen LogP contribution in [0.15, 0.2) is 0 Å². The molecule has 1 N–H and O–H groups in total. The molecule has 3 heteroatoms. The molecule has 0 unspecified atom stereocenters. The average molecular weight is 211 g/mol. The summed E-state index contributed by atoms with van der Waals surface area (Å²) < 4.78 is 0. The van der Waals surface area contributed by atoms with Crippen molar-refractivity contribution in [1.82, 2.24) is 4.90 Å². The van der Waals surface area contributed by atoms with Gasteiger partial charge in [-0.1, -0.05) is 32.1 Å². The first-order chi connectivity index (χ1) is 7.27. The molecule has 0 aromatic rings. The van der Waals surface area contributed by atoms with Gasteiger partial charge in [0.1, 0.15) is 6.10 Å². The molecule has 0 radical (unpaired) electrons. The van der Waals surface area contributed by atoms with Crippen LogP contribution in [-0.4, -0.2) is 35.1 Å². The Morgan fingerprint density at radius 2 is 1.87 bits per heavy atom. The van der Waals surface area contributed by atoms with Gasteiger partial charge in [0.05, 0.1) is 0 Å². The molecule has 15 heavy (non-hydrogen) atoms. The summed E-state index contributed by atoms with van der Waals surface area (Å²) in [6, 6.07) is 0. The Bertz CT molecular complexity index is 220. The van der Waals surface area contributed by atoms with Crippen LogP contribution in [0.25, 0.3) is 0 Å². The third kappa shape index (κ3) is 2.71. The summed E-state index contributed by atoms with van der Waals surface area (Å²) in [5.74, 6) is 0.547. The largest absolute Gasteiger partial charge is 0.383 e. The van der Waals surface area contributed by atoms with Crippen LogP contribution in [0.5, 0.6) is 0 Å². The number of hydrogen-bond donors (Lipinski definition) is 1. The lowest BCUT2D eigenvalue weighted by Crippen LogP contribution is -2.47. The van der Waals surface area contributed by atoms with Gasteiger partial charge < -0.3 is 10.0 Å². The number of rotatable bonds is 3. The second-order valence-corrected chi connectivity index (χ2v) is 4.93. The molecular formula is C12H21NO2. The van der Waals surface area contributed by atoms with Crippen molar-refractivity contribution < 1.29 is 9.90 Å². The van der Waals surface area contributed by atoms with Gasteiger partial charge >= 0.3 is 0 Å². The standard InChI is InChI=1S/C12H21NO2/c14-11(12(15)13-7-4-8-13)9-10-5-2-1-3-6-10/h10-11,14H,1-9H2/t11-/m0/s1. The fourth-order valence-electron chi connectivity index (χ4n) is 2.59. The molecule has 3 nitrogen and oxygen atoms in total. The number of hydrogen-bond acceptors (Lipinski definition) is 2. The normalized spacial score (nSPS) is 24.7. The highest BCUT2D eigenvalue weighted by Gasteiger charge is 2.28. The molecule has 2 aliphatic rings. The van der Waals surface area contributed by atoms with Gasteiger partial charge in [0.2, 0.25) is 0 Å². The Morgan fingerprint density at radius 3 is 2.40 bits per heavy atom. The highest BCUT2D eigenvalue weighted by Crippen LogP contribution is 2.28. The first kappa shape index (κ1) is 10.9. The van der Waals surface area contributed by atoms with E-state index in [9.17, 15) is 9.90 Å². The predicted octanol–water partition coefficient (Wildman–Crippen LogP) is 1.55. The van der Waals surface area contributed by atoms with Crippen molar-refractivity contribution in [2.45, 2.75) is 51.0 Å². The first-order valence-electron chi connectivity index (χ1n) is 6.24. The Balaban J connectivity index is 1.74. The fourth-order valence-corrected chi connectivity index (χ4v) is 2.59. The van der Waals surface area contributed by atoms with Gasteiger partial charge in [0.25, 0.3) is 5.91 Å². The summed E-state index contributed by atoms with van der Waals surface area (Å²) >= 11 is 0. The lowest BCUT2D eigenvalue weighted by Gasteiger charge is -2.33. The van der Waals surface area contributed by atoms with Crippen molar-refractivity contribution in [3.05, 3.63) is 0 Å². The molecule has 0 aromatic heterocycles.